The number of urea groups is 1. The Morgan fingerprint density at radius 2 is 2.27 bits per heavy atom. The summed E-state index contributed by atoms with van der Waals surface area (Å²) in [5.41, 5.74) is 0. The van der Waals surface area contributed by atoms with Gasteiger partial charge < -0.3 is 10.6 Å². The zero-order valence-corrected chi connectivity index (χ0v) is 7.02. The summed E-state index contributed by atoms with van der Waals surface area (Å²) in [4.78, 5) is 10.5. The van der Waals surface area contributed by atoms with Crippen molar-refractivity contribution >= 4 is 6.03 Å². The standard InChI is InChI=1S/C6H12N2O.C2H4/c1-2-3-5-4-7-6(9)8-5;1-2/h5H,2-4H2,1H3,(H2,7,8,9);1-2H2. The van der Waals surface area contributed by atoms with E-state index in [1.807, 2.05) is 0 Å². The molecule has 1 atom stereocenters. The monoisotopic (exact) mass is 156 g/mol. The number of carbonyl (C=O) groups excluding carboxylic acids is 1. The van der Waals surface area contributed by atoms with E-state index >= 15 is 0 Å². The van der Waals surface area contributed by atoms with E-state index in [9.17, 15) is 4.79 Å². The van der Waals surface area contributed by atoms with E-state index in [1.54, 1.807) is 0 Å². The fourth-order valence-corrected chi connectivity index (χ4v) is 1.03. The zero-order chi connectivity index (χ0) is 8.69. The minimum Gasteiger partial charge on any atom is -0.336 e. The average molecular weight is 156 g/mol. The summed E-state index contributed by atoms with van der Waals surface area (Å²) in [6.45, 7) is 8.91. The maximum Gasteiger partial charge on any atom is 0.315 e. The Kier molecular flexibility index (Phi) is 5.25. The molecule has 0 aliphatic carbocycles. The van der Waals surface area contributed by atoms with Gasteiger partial charge in [0.2, 0.25) is 0 Å². The molecule has 0 saturated carbocycles. The molecular formula is C8H16N2O. The van der Waals surface area contributed by atoms with Crippen molar-refractivity contribution in [1.82, 2.24) is 10.6 Å². The van der Waals surface area contributed by atoms with Crippen LogP contribution in [0.15, 0.2) is 13.2 Å². The van der Waals surface area contributed by atoms with Crippen molar-refractivity contribution in [2.24, 2.45) is 0 Å². The van der Waals surface area contributed by atoms with E-state index in [2.05, 4.69) is 30.7 Å². The van der Waals surface area contributed by atoms with Gasteiger partial charge in [0.15, 0.2) is 0 Å². The fraction of sp³-hybridized carbons (Fsp3) is 0.625. The molecule has 2 amide bonds. The van der Waals surface area contributed by atoms with Gasteiger partial charge in [-0.25, -0.2) is 4.79 Å². The molecule has 64 valence electrons. The van der Waals surface area contributed by atoms with Crippen LogP contribution in [0.25, 0.3) is 0 Å². The predicted molar refractivity (Wildman–Crippen MR) is 46.5 cm³/mol. The highest BCUT2D eigenvalue weighted by molar-refractivity contribution is 5.76. The Hall–Kier alpha value is -0.990. The topological polar surface area (TPSA) is 41.1 Å². The van der Waals surface area contributed by atoms with Crippen LogP contribution in [0.5, 0.6) is 0 Å². The van der Waals surface area contributed by atoms with Gasteiger partial charge in [0.1, 0.15) is 0 Å². The van der Waals surface area contributed by atoms with Gasteiger partial charge in [-0.3, -0.25) is 0 Å². The Balaban J connectivity index is 0.000000461. The third kappa shape index (κ3) is 3.65. The first-order chi connectivity index (χ1) is 5.33. The second-order valence-corrected chi connectivity index (χ2v) is 2.34. The summed E-state index contributed by atoms with van der Waals surface area (Å²) in [6.07, 6.45) is 2.21. The van der Waals surface area contributed by atoms with E-state index in [0.717, 1.165) is 19.4 Å². The second-order valence-electron chi connectivity index (χ2n) is 2.34. The van der Waals surface area contributed by atoms with E-state index in [4.69, 9.17) is 0 Å². The summed E-state index contributed by atoms with van der Waals surface area (Å²) >= 11 is 0. The van der Waals surface area contributed by atoms with Gasteiger partial charge in [-0.1, -0.05) is 13.3 Å². The Bertz CT molecular complexity index is 125. The van der Waals surface area contributed by atoms with Gasteiger partial charge >= 0.3 is 6.03 Å². The SMILES string of the molecule is C=C.CCCC1CNC(=O)N1. The highest BCUT2D eigenvalue weighted by Crippen LogP contribution is 1.98. The van der Waals surface area contributed by atoms with E-state index in [-0.39, 0.29) is 6.03 Å². The third-order valence-electron chi connectivity index (χ3n) is 1.48. The van der Waals surface area contributed by atoms with Crippen LogP contribution in [0.2, 0.25) is 0 Å². The minimum atomic E-state index is -0.0200. The Morgan fingerprint density at radius 3 is 2.64 bits per heavy atom. The molecule has 1 unspecified atom stereocenters. The number of nitrogens with one attached hydrogen (secondary N) is 2. The second kappa shape index (κ2) is 5.77. The van der Waals surface area contributed by atoms with Crippen molar-refractivity contribution in [2.75, 3.05) is 6.54 Å². The van der Waals surface area contributed by atoms with Crippen LogP contribution in [-0.4, -0.2) is 18.6 Å². The lowest BCUT2D eigenvalue weighted by Crippen LogP contribution is -2.26. The van der Waals surface area contributed by atoms with E-state index in [0.29, 0.717) is 6.04 Å². The number of hydrogen-bond donors (Lipinski definition) is 2. The Labute approximate surface area is 67.9 Å². The third-order valence-corrected chi connectivity index (χ3v) is 1.48. The van der Waals surface area contributed by atoms with Crippen LogP contribution in [-0.2, 0) is 0 Å². The summed E-state index contributed by atoms with van der Waals surface area (Å²) in [5, 5.41) is 5.51. The number of amides is 2. The van der Waals surface area contributed by atoms with Crippen molar-refractivity contribution in [3.05, 3.63) is 13.2 Å². The molecule has 1 rings (SSSR count). The molecule has 2 N–H and O–H groups in total. The molecule has 3 heteroatoms. The first-order valence-electron chi connectivity index (χ1n) is 3.87. The summed E-state index contributed by atoms with van der Waals surface area (Å²) in [7, 11) is 0. The summed E-state index contributed by atoms with van der Waals surface area (Å²) in [5.74, 6) is 0. The van der Waals surface area contributed by atoms with Gasteiger partial charge in [0.05, 0.1) is 0 Å². The fourth-order valence-electron chi connectivity index (χ4n) is 1.03. The molecule has 0 aromatic carbocycles. The number of hydrogen-bond acceptors (Lipinski definition) is 1. The van der Waals surface area contributed by atoms with E-state index in [1.165, 1.54) is 0 Å². The van der Waals surface area contributed by atoms with Gasteiger partial charge in [-0.2, -0.15) is 0 Å². The molecular weight excluding hydrogens is 140 g/mol. The Morgan fingerprint density at radius 1 is 1.64 bits per heavy atom. The lowest BCUT2D eigenvalue weighted by molar-refractivity contribution is 0.247. The van der Waals surface area contributed by atoms with Crippen molar-refractivity contribution < 1.29 is 4.79 Å². The molecule has 3 nitrogen and oxygen atoms in total. The molecule has 0 aromatic heterocycles. The van der Waals surface area contributed by atoms with Crippen molar-refractivity contribution in [3.8, 4) is 0 Å². The lowest BCUT2D eigenvalue weighted by atomic mass is 10.2. The highest BCUT2D eigenvalue weighted by Gasteiger charge is 2.17. The first kappa shape index (κ1) is 10.0. The van der Waals surface area contributed by atoms with Crippen molar-refractivity contribution in [3.63, 3.8) is 0 Å². The number of carbonyl (C=O) groups is 1. The quantitative estimate of drug-likeness (QED) is 0.581. The molecule has 1 aliphatic rings. The van der Waals surface area contributed by atoms with Crippen molar-refractivity contribution in [1.29, 1.82) is 0 Å². The predicted octanol–water partition coefficient (Wildman–Crippen LogP) is 1.27. The largest absolute Gasteiger partial charge is 0.336 e. The summed E-state index contributed by atoms with van der Waals surface area (Å²) in [6, 6.07) is 0.357. The van der Waals surface area contributed by atoms with Crippen molar-refractivity contribution in [2.45, 2.75) is 25.8 Å². The average Bonchev–Trinajstić information content (AvgIpc) is 2.41. The first-order valence-corrected chi connectivity index (χ1v) is 3.87. The van der Waals surface area contributed by atoms with Crippen LogP contribution in [0, 0.1) is 0 Å². The molecule has 0 bridgehead atoms. The molecule has 0 spiro atoms. The highest BCUT2D eigenvalue weighted by atomic mass is 16.2. The normalized spacial score (nSPS) is 21.2. The minimum absolute atomic E-state index is 0.0200. The molecule has 1 saturated heterocycles. The van der Waals surface area contributed by atoms with Gasteiger partial charge in [0, 0.05) is 12.6 Å². The summed E-state index contributed by atoms with van der Waals surface area (Å²) < 4.78 is 0. The van der Waals surface area contributed by atoms with Crippen LogP contribution < -0.4 is 10.6 Å². The number of rotatable bonds is 2. The zero-order valence-electron chi connectivity index (χ0n) is 7.02. The van der Waals surface area contributed by atoms with Crippen LogP contribution in [0.4, 0.5) is 4.79 Å². The maximum atomic E-state index is 10.5. The molecule has 0 radical (unpaired) electrons. The van der Waals surface area contributed by atoms with Crippen LogP contribution in [0.1, 0.15) is 19.8 Å². The molecule has 11 heavy (non-hydrogen) atoms. The molecule has 0 aromatic rings. The van der Waals surface area contributed by atoms with Gasteiger partial charge in [-0.15, -0.1) is 13.2 Å². The van der Waals surface area contributed by atoms with E-state index < -0.39 is 0 Å². The van der Waals surface area contributed by atoms with Crippen LogP contribution >= 0.6 is 0 Å². The lowest BCUT2D eigenvalue weighted by Gasteiger charge is -2.03. The molecule has 1 aliphatic heterocycles. The smallest absolute Gasteiger partial charge is 0.315 e. The van der Waals surface area contributed by atoms with Gasteiger partial charge in [-0.05, 0) is 6.42 Å². The van der Waals surface area contributed by atoms with Gasteiger partial charge in [0.25, 0.3) is 0 Å². The van der Waals surface area contributed by atoms with Crippen LogP contribution in [0.3, 0.4) is 0 Å². The molecule has 1 fully saturated rings. The maximum absolute atomic E-state index is 10.5. The molecule has 1 heterocycles.